The van der Waals surface area contributed by atoms with E-state index in [0.29, 0.717) is 0 Å². The van der Waals surface area contributed by atoms with Crippen LogP contribution in [0.25, 0.3) is 6.08 Å². The third kappa shape index (κ3) is 4.29. The zero-order chi connectivity index (χ0) is 14.5. The van der Waals surface area contributed by atoms with E-state index in [9.17, 15) is 0 Å². The SMILES string of the molecule is Brc1ccc(C=C2CCN(Cc3ccccc3)CC2)cc1. The number of hydrogen-bond acceptors (Lipinski definition) is 1. The lowest BCUT2D eigenvalue weighted by atomic mass is 10.0. The fraction of sp³-hybridized carbons (Fsp3) is 0.263. The van der Waals surface area contributed by atoms with E-state index in [1.54, 1.807) is 5.57 Å². The van der Waals surface area contributed by atoms with Crippen LogP contribution < -0.4 is 0 Å². The van der Waals surface area contributed by atoms with Gasteiger partial charge in [-0.25, -0.2) is 0 Å². The Hall–Kier alpha value is -1.38. The number of hydrogen-bond donors (Lipinski definition) is 0. The van der Waals surface area contributed by atoms with Crippen molar-refractivity contribution < 1.29 is 0 Å². The Bertz CT molecular complexity index is 591. The monoisotopic (exact) mass is 341 g/mol. The summed E-state index contributed by atoms with van der Waals surface area (Å²) in [5.74, 6) is 0. The Labute approximate surface area is 135 Å². The number of rotatable bonds is 3. The molecule has 108 valence electrons. The minimum Gasteiger partial charge on any atom is -0.298 e. The summed E-state index contributed by atoms with van der Waals surface area (Å²) in [7, 11) is 0. The van der Waals surface area contributed by atoms with E-state index in [1.165, 1.54) is 24.0 Å². The molecule has 0 aliphatic carbocycles. The van der Waals surface area contributed by atoms with Crippen molar-refractivity contribution in [3.63, 3.8) is 0 Å². The number of halogens is 1. The Morgan fingerprint density at radius 2 is 1.57 bits per heavy atom. The van der Waals surface area contributed by atoms with Gasteiger partial charge in [-0.3, -0.25) is 4.90 Å². The molecule has 0 N–H and O–H groups in total. The van der Waals surface area contributed by atoms with E-state index in [2.05, 4.69) is 81.5 Å². The molecule has 21 heavy (non-hydrogen) atoms. The largest absolute Gasteiger partial charge is 0.298 e. The van der Waals surface area contributed by atoms with E-state index >= 15 is 0 Å². The average Bonchev–Trinajstić information content (AvgIpc) is 2.53. The van der Waals surface area contributed by atoms with E-state index in [4.69, 9.17) is 0 Å². The van der Waals surface area contributed by atoms with Gasteiger partial charge in [0.25, 0.3) is 0 Å². The predicted octanol–water partition coefficient (Wildman–Crippen LogP) is 5.13. The van der Waals surface area contributed by atoms with Gasteiger partial charge < -0.3 is 0 Å². The van der Waals surface area contributed by atoms with Crippen molar-refractivity contribution in [2.75, 3.05) is 13.1 Å². The van der Waals surface area contributed by atoms with E-state index in [-0.39, 0.29) is 0 Å². The van der Waals surface area contributed by atoms with Crippen LogP contribution in [-0.2, 0) is 6.54 Å². The van der Waals surface area contributed by atoms with Crippen LogP contribution in [0.15, 0.2) is 64.6 Å². The Kier molecular flexibility index (Phi) is 4.89. The molecule has 2 heteroatoms. The topological polar surface area (TPSA) is 3.24 Å². The molecule has 0 bridgehead atoms. The Balaban J connectivity index is 1.56. The molecule has 0 saturated carbocycles. The molecule has 0 atom stereocenters. The van der Waals surface area contributed by atoms with Crippen LogP contribution in [0.4, 0.5) is 0 Å². The minimum atomic E-state index is 1.08. The normalized spacial score (nSPS) is 16.0. The Morgan fingerprint density at radius 3 is 2.24 bits per heavy atom. The van der Waals surface area contributed by atoms with E-state index in [0.717, 1.165) is 24.1 Å². The van der Waals surface area contributed by atoms with Gasteiger partial charge in [-0.2, -0.15) is 0 Å². The summed E-state index contributed by atoms with van der Waals surface area (Å²) in [6.07, 6.45) is 4.72. The van der Waals surface area contributed by atoms with Gasteiger partial charge in [-0.15, -0.1) is 0 Å². The summed E-state index contributed by atoms with van der Waals surface area (Å²) in [5, 5.41) is 0. The second kappa shape index (κ2) is 7.06. The maximum absolute atomic E-state index is 3.48. The van der Waals surface area contributed by atoms with Crippen LogP contribution >= 0.6 is 15.9 Å². The Morgan fingerprint density at radius 1 is 0.905 bits per heavy atom. The van der Waals surface area contributed by atoms with Gasteiger partial charge in [0.2, 0.25) is 0 Å². The maximum Gasteiger partial charge on any atom is 0.0233 e. The van der Waals surface area contributed by atoms with Crippen LogP contribution in [0.5, 0.6) is 0 Å². The van der Waals surface area contributed by atoms with Gasteiger partial charge >= 0.3 is 0 Å². The molecule has 2 aromatic rings. The molecular formula is C19H20BrN. The molecule has 0 radical (unpaired) electrons. The molecule has 2 aromatic carbocycles. The molecule has 1 saturated heterocycles. The molecule has 1 fully saturated rings. The molecule has 0 unspecified atom stereocenters. The van der Waals surface area contributed by atoms with Crippen molar-refractivity contribution in [2.24, 2.45) is 0 Å². The van der Waals surface area contributed by atoms with Gasteiger partial charge in [-0.05, 0) is 36.1 Å². The molecule has 0 aromatic heterocycles. The van der Waals surface area contributed by atoms with Crippen molar-refractivity contribution in [3.8, 4) is 0 Å². The zero-order valence-electron chi connectivity index (χ0n) is 12.1. The molecule has 3 rings (SSSR count). The molecule has 0 spiro atoms. The van der Waals surface area contributed by atoms with Gasteiger partial charge in [0.05, 0.1) is 0 Å². The van der Waals surface area contributed by atoms with Gasteiger partial charge in [-0.1, -0.05) is 70.0 Å². The van der Waals surface area contributed by atoms with Crippen molar-refractivity contribution in [3.05, 3.63) is 75.8 Å². The summed E-state index contributed by atoms with van der Waals surface area (Å²) in [6, 6.07) is 19.3. The highest BCUT2D eigenvalue weighted by Gasteiger charge is 2.13. The number of likely N-dealkylation sites (tertiary alicyclic amines) is 1. The first-order valence-electron chi connectivity index (χ1n) is 7.51. The predicted molar refractivity (Wildman–Crippen MR) is 93.1 cm³/mol. The summed E-state index contributed by atoms with van der Waals surface area (Å²) in [6.45, 7) is 3.40. The lowest BCUT2D eigenvalue weighted by Crippen LogP contribution is -2.30. The maximum atomic E-state index is 3.48. The van der Waals surface area contributed by atoms with E-state index in [1.807, 2.05) is 0 Å². The van der Waals surface area contributed by atoms with Gasteiger partial charge in [0.15, 0.2) is 0 Å². The summed E-state index contributed by atoms with van der Waals surface area (Å²) in [5.41, 5.74) is 4.30. The summed E-state index contributed by atoms with van der Waals surface area (Å²) >= 11 is 3.48. The standard InChI is InChI=1S/C19H20BrN/c20-19-8-6-16(7-9-19)14-17-10-12-21(13-11-17)15-18-4-2-1-3-5-18/h1-9,14H,10-13,15H2. The quantitative estimate of drug-likeness (QED) is 0.748. The van der Waals surface area contributed by atoms with Gasteiger partial charge in [0.1, 0.15) is 0 Å². The number of nitrogens with zero attached hydrogens (tertiary/aromatic N) is 1. The third-order valence-corrected chi connectivity index (χ3v) is 4.52. The van der Waals surface area contributed by atoms with Crippen molar-refractivity contribution in [2.45, 2.75) is 19.4 Å². The van der Waals surface area contributed by atoms with Crippen LogP contribution in [0.1, 0.15) is 24.0 Å². The van der Waals surface area contributed by atoms with Crippen molar-refractivity contribution in [1.29, 1.82) is 0 Å². The second-order valence-corrected chi connectivity index (χ2v) is 6.53. The molecule has 1 aliphatic heterocycles. The molecule has 0 amide bonds. The first-order chi connectivity index (χ1) is 10.3. The average molecular weight is 342 g/mol. The molecule has 1 aliphatic rings. The second-order valence-electron chi connectivity index (χ2n) is 5.62. The highest BCUT2D eigenvalue weighted by molar-refractivity contribution is 9.10. The van der Waals surface area contributed by atoms with Crippen LogP contribution in [0, 0.1) is 0 Å². The first-order valence-corrected chi connectivity index (χ1v) is 8.30. The number of benzene rings is 2. The first kappa shape index (κ1) is 14.6. The van der Waals surface area contributed by atoms with Crippen molar-refractivity contribution >= 4 is 22.0 Å². The highest BCUT2D eigenvalue weighted by Crippen LogP contribution is 2.21. The van der Waals surface area contributed by atoms with Crippen LogP contribution in [0.3, 0.4) is 0 Å². The highest BCUT2D eigenvalue weighted by atomic mass is 79.9. The lowest BCUT2D eigenvalue weighted by Gasteiger charge is -2.28. The van der Waals surface area contributed by atoms with Gasteiger partial charge in [0, 0.05) is 24.1 Å². The van der Waals surface area contributed by atoms with Crippen molar-refractivity contribution in [1.82, 2.24) is 4.90 Å². The molecule has 1 nitrogen and oxygen atoms in total. The van der Waals surface area contributed by atoms with E-state index < -0.39 is 0 Å². The molecular weight excluding hydrogens is 322 g/mol. The lowest BCUT2D eigenvalue weighted by molar-refractivity contribution is 0.249. The smallest absolute Gasteiger partial charge is 0.0233 e. The summed E-state index contributed by atoms with van der Waals surface area (Å²) < 4.78 is 1.14. The molecule has 1 heterocycles. The zero-order valence-corrected chi connectivity index (χ0v) is 13.7. The fourth-order valence-electron chi connectivity index (χ4n) is 2.78. The van der Waals surface area contributed by atoms with Crippen LogP contribution in [0.2, 0.25) is 0 Å². The fourth-order valence-corrected chi connectivity index (χ4v) is 3.04. The third-order valence-electron chi connectivity index (χ3n) is 3.99. The van der Waals surface area contributed by atoms with Crippen LogP contribution in [-0.4, -0.2) is 18.0 Å². The summed E-state index contributed by atoms with van der Waals surface area (Å²) in [4.78, 5) is 2.55. The number of piperidine rings is 1. The minimum absolute atomic E-state index is 1.08.